The SMILES string of the molecule is C=C1CCC[C@]2(C)CC[C@@H](C(=C)C=O)[C@H](O)[C@@H]12. The highest BCUT2D eigenvalue weighted by atomic mass is 16.3. The van der Waals surface area contributed by atoms with Crippen molar-refractivity contribution in [1.82, 2.24) is 0 Å². The second-order valence-electron chi connectivity index (χ2n) is 5.97. The fourth-order valence-corrected chi connectivity index (χ4v) is 3.84. The smallest absolute Gasteiger partial charge is 0.145 e. The van der Waals surface area contributed by atoms with Crippen LogP contribution in [0.4, 0.5) is 0 Å². The monoisotopic (exact) mass is 234 g/mol. The number of aliphatic hydroxyl groups is 1. The fourth-order valence-electron chi connectivity index (χ4n) is 3.84. The van der Waals surface area contributed by atoms with Gasteiger partial charge in [0.25, 0.3) is 0 Å². The lowest BCUT2D eigenvalue weighted by molar-refractivity contribution is -0.107. The lowest BCUT2D eigenvalue weighted by Crippen LogP contribution is -2.48. The molecule has 2 saturated carbocycles. The number of carbonyl (C=O) groups is 1. The summed E-state index contributed by atoms with van der Waals surface area (Å²) in [5, 5.41) is 10.5. The van der Waals surface area contributed by atoms with Gasteiger partial charge in [0.2, 0.25) is 0 Å². The van der Waals surface area contributed by atoms with E-state index in [0.717, 1.165) is 37.5 Å². The Bertz CT molecular complexity index is 358. The van der Waals surface area contributed by atoms with Gasteiger partial charge in [-0.25, -0.2) is 0 Å². The van der Waals surface area contributed by atoms with Crippen molar-refractivity contribution < 1.29 is 9.90 Å². The summed E-state index contributed by atoms with van der Waals surface area (Å²) < 4.78 is 0. The largest absolute Gasteiger partial charge is 0.392 e. The molecule has 0 radical (unpaired) electrons. The van der Waals surface area contributed by atoms with E-state index < -0.39 is 6.10 Å². The van der Waals surface area contributed by atoms with E-state index in [2.05, 4.69) is 20.1 Å². The average Bonchev–Trinajstić information content (AvgIpc) is 2.28. The third-order valence-corrected chi connectivity index (χ3v) is 4.84. The van der Waals surface area contributed by atoms with Crippen molar-refractivity contribution in [2.24, 2.45) is 17.3 Å². The van der Waals surface area contributed by atoms with Gasteiger partial charge in [-0.1, -0.05) is 25.7 Å². The molecule has 2 aliphatic rings. The van der Waals surface area contributed by atoms with Gasteiger partial charge in [0.15, 0.2) is 0 Å². The second kappa shape index (κ2) is 4.41. The first-order valence-corrected chi connectivity index (χ1v) is 6.49. The van der Waals surface area contributed by atoms with Crippen LogP contribution in [0.25, 0.3) is 0 Å². The van der Waals surface area contributed by atoms with Gasteiger partial charge in [0.05, 0.1) is 6.10 Å². The number of fused-ring (bicyclic) bond motifs is 1. The van der Waals surface area contributed by atoms with E-state index >= 15 is 0 Å². The molecule has 17 heavy (non-hydrogen) atoms. The van der Waals surface area contributed by atoms with Gasteiger partial charge in [-0.3, -0.25) is 4.79 Å². The summed E-state index contributed by atoms with van der Waals surface area (Å²) in [6, 6.07) is 0. The maximum Gasteiger partial charge on any atom is 0.145 e. The molecule has 2 rings (SSSR count). The van der Waals surface area contributed by atoms with Crippen molar-refractivity contribution in [3.8, 4) is 0 Å². The van der Waals surface area contributed by atoms with Crippen LogP contribution in [0.5, 0.6) is 0 Å². The minimum Gasteiger partial charge on any atom is -0.392 e. The van der Waals surface area contributed by atoms with Crippen molar-refractivity contribution in [3.63, 3.8) is 0 Å². The van der Waals surface area contributed by atoms with Crippen molar-refractivity contribution in [1.29, 1.82) is 0 Å². The maximum atomic E-state index is 10.8. The van der Waals surface area contributed by atoms with Crippen LogP contribution in [0.3, 0.4) is 0 Å². The van der Waals surface area contributed by atoms with Gasteiger partial charge in [0, 0.05) is 11.8 Å². The van der Waals surface area contributed by atoms with Crippen LogP contribution < -0.4 is 0 Å². The second-order valence-corrected chi connectivity index (χ2v) is 5.97. The van der Waals surface area contributed by atoms with Gasteiger partial charge in [-0.05, 0) is 43.1 Å². The normalized spacial score (nSPS) is 41.8. The van der Waals surface area contributed by atoms with Crippen molar-refractivity contribution in [2.75, 3.05) is 0 Å². The van der Waals surface area contributed by atoms with E-state index in [0.29, 0.717) is 5.57 Å². The zero-order valence-corrected chi connectivity index (χ0v) is 10.6. The fraction of sp³-hybridized carbons (Fsp3) is 0.667. The molecule has 94 valence electrons. The molecule has 2 fully saturated rings. The lowest BCUT2D eigenvalue weighted by atomic mass is 9.55. The molecule has 1 N–H and O–H groups in total. The summed E-state index contributed by atoms with van der Waals surface area (Å²) in [6.45, 7) is 10.2. The first-order chi connectivity index (χ1) is 7.99. The molecule has 0 unspecified atom stereocenters. The van der Waals surface area contributed by atoms with Crippen molar-refractivity contribution >= 4 is 6.29 Å². The molecule has 2 aliphatic carbocycles. The van der Waals surface area contributed by atoms with Gasteiger partial charge in [-0.2, -0.15) is 0 Å². The lowest BCUT2D eigenvalue weighted by Gasteiger charge is -2.51. The van der Waals surface area contributed by atoms with Crippen LogP contribution >= 0.6 is 0 Å². The molecule has 0 aromatic heterocycles. The van der Waals surface area contributed by atoms with Gasteiger partial charge < -0.3 is 5.11 Å². The molecule has 2 nitrogen and oxygen atoms in total. The quantitative estimate of drug-likeness (QED) is 0.453. The third-order valence-electron chi connectivity index (χ3n) is 4.84. The maximum absolute atomic E-state index is 10.8. The van der Waals surface area contributed by atoms with Crippen LogP contribution in [-0.2, 0) is 4.79 Å². The van der Waals surface area contributed by atoms with E-state index in [9.17, 15) is 9.90 Å². The summed E-state index contributed by atoms with van der Waals surface area (Å²) in [4.78, 5) is 10.8. The topological polar surface area (TPSA) is 37.3 Å². The van der Waals surface area contributed by atoms with Crippen LogP contribution in [0, 0.1) is 17.3 Å². The zero-order chi connectivity index (χ0) is 12.6. The summed E-state index contributed by atoms with van der Waals surface area (Å²) in [5.74, 6) is 0.0760. The molecular weight excluding hydrogens is 212 g/mol. The van der Waals surface area contributed by atoms with E-state index in [1.807, 2.05) is 0 Å². The van der Waals surface area contributed by atoms with Gasteiger partial charge in [0.1, 0.15) is 6.29 Å². The molecule has 0 aliphatic heterocycles. The minimum atomic E-state index is -0.473. The average molecular weight is 234 g/mol. The number of aldehydes is 1. The molecule has 0 aromatic carbocycles. The highest BCUT2D eigenvalue weighted by molar-refractivity contribution is 5.73. The molecule has 0 aromatic rings. The van der Waals surface area contributed by atoms with Crippen LogP contribution in [0.15, 0.2) is 24.3 Å². The van der Waals surface area contributed by atoms with Crippen molar-refractivity contribution in [2.45, 2.75) is 45.1 Å². The summed E-state index contributed by atoms with van der Waals surface area (Å²) in [5.41, 5.74) is 1.88. The Morgan fingerprint density at radius 1 is 1.53 bits per heavy atom. The predicted molar refractivity (Wildman–Crippen MR) is 68.5 cm³/mol. The Labute approximate surface area is 103 Å². The predicted octanol–water partition coefficient (Wildman–Crippen LogP) is 2.88. The Morgan fingerprint density at radius 3 is 2.88 bits per heavy atom. The summed E-state index contributed by atoms with van der Waals surface area (Å²) in [7, 11) is 0. The van der Waals surface area contributed by atoms with E-state index in [-0.39, 0.29) is 17.3 Å². The van der Waals surface area contributed by atoms with Crippen LogP contribution in [0.2, 0.25) is 0 Å². The molecular formula is C15H22O2. The zero-order valence-electron chi connectivity index (χ0n) is 10.6. The molecule has 0 bridgehead atoms. The Balaban J connectivity index is 2.26. The minimum absolute atomic E-state index is 0.0691. The van der Waals surface area contributed by atoms with Gasteiger partial charge >= 0.3 is 0 Å². The standard InChI is InChI=1S/C15H22O2/c1-10-5-4-7-15(3)8-6-12(11(2)9-16)14(17)13(10)15/h9,12-14,17H,1-2,4-8H2,3H3/t12-,13+,14-,15+/m0/s1. The Hall–Kier alpha value is -0.890. The van der Waals surface area contributed by atoms with E-state index in [1.165, 1.54) is 6.42 Å². The number of hydrogen-bond acceptors (Lipinski definition) is 2. The molecule has 0 amide bonds. The van der Waals surface area contributed by atoms with E-state index in [1.54, 1.807) is 0 Å². The summed E-state index contributed by atoms with van der Waals surface area (Å²) in [6.07, 6.45) is 5.61. The molecule has 0 saturated heterocycles. The molecule has 4 atom stereocenters. The Kier molecular flexibility index (Phi) is 3.26. The molecule has 2 heteroatoms. The van der Waals surface area contributed by atoms with Crippen LogP contribution in [-0.4, -0.2) is 17.5 Å². The Morgan fingerprint density at radius 2 is 2.24 bits per heavy atom. The van der Waals surface area contributed by atoms with Gasteiger partial charge in [-0.15, -0.1) is 0 Å². The highest BCUT2D eigenvalue weighted by Gasteiger charge is 2.48. The van der Waals surface area contributed by atoms with Crippen LogP contribution in [0.1, 0.15) is 39.0 Å². The number of hydrogen-bond donors (Lipinski definition) is 1. The van der Waals surface area contributed by atoms with Crippen molar-refractivity contribution in [3.05, 3.63) is 24.3 Å². The van der Waals surface area contributed by atoms with E-state index in [4.69, 9.17) is 0 Å². The summed E-state index contributed by atoms with van der Waals surface area (Å²) >= 11 is 0. The molecule has 0 spiro atoms. The number of rotatable bonds is 2. The highest BCUT2D eigenvalue weighted by Crippen LogP contribution is 2.54. The molecule has 0 heterocycles. The third kappa shape index (κ3) is 1.99. The number of aliphatic hydroxyl groups excluding tert-OH is 1. The first kappa shape index (κ1) is 12.6. The first-order valence-electron chi connectivity index (χ1n) is 6.49. The number of carbonyl (C=O) groups excluding carboxylic acids is 1.